The molecule has 18 rings (SSSR count). The lowest BCUT2D eigenvalue weighted by atomic mass is 9.33. The molecule has 452 valence electrons. The van der Waals surface area contributed by atoms with Gasteiger partial charge in [-0.05, 0) is 199 Å². The zero-order chi connectivity index (χ0) is 62.4. The average molecular weight is 1400 g/mol. The first-order valence-electron chi connectivity index (χ1n) is 33.1. The molecule has 6 heterocycles. The van der Waals surface area contributed by atoms with Gasteiger partial charge in [0.15, 0.2) is 0 Å². The molecule has 0 N–H and O–H groups in total. The third-order valence-corrected chi connectivity index (χ3v) is 20.0. The van der Waals surface area contributed by atoms with Gasteiger partial charge in [0.1, 0.15) is 0 Å². The van der Waals surface area contributed by atoms with Crippen molar-refractivity contribution in [3.63, 3.8) is 0 Å². The third-order valence-electron chi connectivity index (χ3n) is 20.0. The zero-order valence-electron chi connectivity index (χ0n) is 52.0. The van der Waals surface area contributed by atoms with Crippen LogP contribution in [0.5, 0.6) is 0 Å². The molecule has 0 fully saturated rings. The maximum Gasteiger partial charge on any atom is 0.369 e. The van der Waals surface area contributed by atoms with Crippen molar-refractivity contribution in [3.8, 4) is 66.8 Å². The average Bonchev–Trinajstić information content (AvgIpc) is 0.691. The van der Waals surface area contributed by atoms with Crippen LogP contribution in [-0.4, -0.2) is 36.1 Å². The van der Waals surface area contributed by atoms with Crippen molar-refractivity contribution < 1.29 is 0 Å². The number of hydrogen-bond donors (Lipinski definition) is 0. The molecule has 12 aromatic carbocycles. The molecular formula is C84H69B2Br3N4. The van der Waals surface area contributed by atoms with Gasteiger partial charge >= 0.3 is 3.18 Å². The third kappa shape index (κ3) is 11.3. The van der Waals surface area contributed by atoms with E-state index in [4.69, 9.17) is 0 Å². The van der Waals surface area contributed by atoms with Crippen molar-refractivity contribution in [2.45, 2.75) is 51.4 Å². The fraction of sp³-hybridized carbons (Fsp3) is 0.143. The van der Waals surface area contributed by atoms with Crippen LogP contribution < -0.4 is 36.0 Å². The fourth-order valence-electron chi connectivity index (χ4n) is 16.1. The highest BCUT2D eigenvalue weighted by molar-refractivity contribution is 9.69. The minimum Gasteiger partial charge on any atom is -0.342 e. The van der Waals surface area contributed by atoms with Crippen LogP contribution in [0.3, 0.4) is 0 Å². The summed E-state index contributed by atoms with van der Waals surface area (Å²) in [6, 6.07) is 101. The van der Waals surface area contributed by atoms with Gasteiger partial charge in [-0.3, -0.25) is 0 Å². The van der Waals surface area contributed by atoms with Crippen molar-refractivity contribution >= 4 is 119 Å². The van der Waals surface area contributed by atoms with Crippen LogP contribution in [0, 0.1) is 0 Å². The second kappa shape index (κ2) is 26.1. The molecule has 0 amide bonds. The van der Waals surface area contributed by atoms with Crippen LogP contribution in [-0.2, 0) is 25.7 Å². The van der Waals surface area contributed by atoms with E-state index in [1.807, 2.05) is 0 Å². The van der Waals surface area contributed by atoms with Gasteiger partial charge in [-0.25, -0.2) is 0 Å². The molecule has 6 aliphatic heterocycles. The van der Waals surface area contributed by atoms with Gasteiger partial charge in [0.2, 0.25) is 0 Å². The van der Waals surface area contributed by atoms with Crippen molar-refractivity contribution in [2.24, 2.45) is 0 Å². The largest absolute Gasteiger partial charge is 0.369 e. The lowest BCUT2D eigenvalue weighted by Gasteiger charge is -2.48. The second-order valence-electron chi connectivity index (χ2n) is 25.2. The van der Waals surface area contributed by atoms with Crippen molar-refractivity contribution in [1.29, 1.82) is 0 Å². The smallest absolute Gasteiger partial charge is 0.342 e. The highest BCUT2D eigenvalue weighted by atomic mass is 79.9. The Bertz CT molecular complexity index is 4460. The minimum absolute atomic E-state index is 0.223. The van der Waals surface area contributed by atoms with E-state index in [1.54, 1.807) is 0 Å². The number of nitrogens with zero attached hydrogens (tertiary/aromatic N) is 4. The first-order chi connectivity index (χ1) is 45.9. The molecule has 9 heteroatoms. The van der Waals surface area contributed by atoms with E-state index in [0.29, 0.717) is 0 Å². The minimum atomic E-state index is 0.223. The fourth-order valence-corrected chi connectivity index (χ4v) is 16.1. The topological polar surface area (TPSA) is 13.0 Å². The number of halogens is 3. The zero-order valence-corrected chi connectivity index (χ0v) is 56.8. The SMILES string of the molecule is BrB(Br)Br.c1ccc(-c2cc(N3CCCc4c(-c5ccccc5)cccc43)cc(N3CCCc4c(-c5ccccc5)cccc43)c2)cc1.c1ccc(-c2cc3c4c(c2)N2CCCc5c(-c6ccccc6)ccc(c52)B4c2ccc(-c4ccccc4)c4c2N3CCC4)cc1. The van der Waals surface area contributed by atoms with Gasteiger partial charge in [-0.2, -0.15) is 0 Å². The van der Waals surface area contributed by atoms with Gasteiger partial charge in [0.05, 0.1) is 0 Å². The van der Waals surface area contributed by atoms with E-state index < -0.39 is 0 Å². The highest BCUT2D eigenvalue weighted by Crippen LogP contribution is 2.49. The Kier molecular flexibility index (Phi) is 16.7. The van der Waals surface area contributed by atoms with Gasteiger partial charge in [0, 0.05) is 71.7 Å². The summed E-state index contributed by atoms with van der Waals surface area (Å²) in [7, 11) is 0. The summed E-state index contributed by atoms with van der Waals surface area (Å²) in [5, 5.41) is 0. The summed E-state index contributed by atoms with van der Waals surface area (Å²) in [5.74, 6) is 0. The summed E-state index contributed by atoms with van der Waals surface area (Å²) in [6.45, 7) is 4.36. The molecule has 6 aliphatic rings. The Morgan fingerprint density at radius 3 is 0.946 bits per heavy atom. The van der Waals surface area contributed by atoms with E-state index in [0.717, 1.165) is 77.5 Å². The van der Waals surface area contributed by atoms with Crippen LogP contribution in [0.15, 0.2) is 273 Å². The standard InChI is InChI=1S/C42H33BN2.C42H36N2.BBr3/c1-4-12-28(13-5-1)31-26-38-40-39(27-31)45-25-11-19-35-33(30-16-8-3-9-17-30)21-23-37(42(35)45)43(40)36-22-20-32(29-14-6-2-7-15-29)34-18-10-24-44(38)41(34)36;1-4-14-31(15-5-1)34-28-35(43-26-12-22-39-37(20-10-24-41(39)43)32-16-6-2-7-17-32)30-36(29-34)44-27-13-23-40-38(21-11-25-42(40)44)33-18-8-3-9-19-33;2-1(3)4/h1-9,12-17,20-23,26-27H,10-11,18-19,24-25H2;1-11,14-21,24-25,28-30H,12-13,22-23,26-27H2;. The van der Waals surface area contributed by atoms with Crippen molar-refractivity contribution in [3.05, 3.63) is 295 Å². The number of benzene rings is 12. The Morgan fingerprint density at radius 2 is 0.581 bits per heavy atom. The maximum absolute atomic E-state index is 3.10. The van der Waals surface area contributed by atoms with Crippen molar-refractivity contribution in [2.75, 3.05) is 45.8 Å². The van der Waals surface area contributed by atoms with Crippen LogP contribution in [0.25, 0.3) is 66.8 Å². The lowest BCUT2D eigenvalue weighted by molar-refractivity contribution is 0.762. The molecule has 0 saturated heterocycles. The van der Waals surface area contributed by atoms with Crippen molar-refractivity contribution in [1.82, 2.24) is 0 Å². The van der Waals surface area contributed by atoms with E-state index in [1.165, 1.54) is 151 Å². The molecule has 93 heavy (non-hydrogen) atoms. The monoisotopic (exact) mass is 1390 g/mol. The van der Waals surface area contributed by atoms with Gasteiger partial charge in [0.25, 0.3) is 6.71 Å². The molecule has 0 spiro atoms. The number of anilines is 8. The van der Waals surface area contributed by atoms with Gasteiger partial charge < -0.3 is 19.6 Å². The van der Waals surface area contributed by atoms with Gasteiger partial charge in [-0.1, -0.05) is 231 Å². The number of hydrogen-bond acceptors (Lipinski definition) is 4. The molecule has 0 radical (unpaired) electrons. The molecule has 0 aromatic heterocycles. The molecule has 0 saturated carbocycles. The summed E-state index contributed by atoms with van der Waals surface area (Å²) in [5.41, 5.74) is 37.1. The maximum atomic E-state index is 3.10. The predicted molar refractivity (Wildman–Crippen MR) is 410 cm³/mol. The highest BCUT2D eigenvalue weighted by Gasteiger charge is 2.46. The molecule has 4 nitrogen and oxygen atoms in total. The molecule has 0 atom stereocenters. The first kappa shape index (κ1) is 59.4. The van der Waals surface area contributed by atoms with Crippen LogP contribution >= 0.6 is 47.3 Å². The lowest BCUT2D eigenvalue weighted by Crippen LogP contribution is -2.63. The Morgan fingerprint density at radius 1 is 0.269 bits per heavy atom. The molecular weight excluding hydrogens is 1330 g/mol. The van der Waals surface area contributed by atoms with Gasteiger partial charge in [-0.15, -0.1) is 47.3 Å². The summed E-state index contributed by atoms with van der Waals surface area (Å²) >= 11 is 9.31. The second-order valence-corrected chi connectivity index (χ2v) is 31.7. The Balaban J connectivity index is 0.000000140. The molecule has 12 aromatic rings. The summed E-state index contributed by atoms with van der Waals surface area (Å²) < 4.78 is 0.271. The first-order valence-corrected chi connectivity index (χ1v) is 35.9. The molecule has 0 unspecified atom stereocenters. The Hall–Kier alpha value is -8.59. The van der Waals surface area contributed by atoms with Crippen LogP contribution in [0.2, 0.25) is 0 Å². The van der Waals surface area contributed by atoms with E-state index in [9.17, 15) is 0 Å². The molecule has 0 bridgehead atoms. The van der Waals surface area contributed by atoms with Crippen LogP contribution in [0.1, 0.15) is 47.9 Å². The Labute approximate surface area is 573 Å². The van der Waals surface area contributed by atoms with E-state index in [-0.39, 0.29) is 9.90 Å². The normalized spacial score (nSPS) is 14.4. The number of rotatable bonds is 8. The summed E-state index contributed by atoms with van der Waals surface area (Å²) in [4.78, 5) is 10.5. The molecule has 0 aliphatic carbocycles. The van der Waals surface area contributed by atoms with Crippen LogP contribution in [0.4, 0.5) is 45.5 Å². The van der Waals surface area contributed by atoms with E-state index >= 15 is 0 Å². The quantitative estimate of drug-likeness (QED) is 0.141. The summed E-state index contributed by atoms with van der Waals surface area (Å²) in [6.07, 6.45) is 9.03. The predicted octanol–water partition coefficient (Wildman–Crippen LogP) is 21.0. The number of fused-ring (bicyclic) bond motifs is 6. The van der Waals surface area contributed by atoms with E-state index in [2.05, 4.69) is 340 Å².